The summed E-state index contributed by atoms with van der Waals surface area (Å²) in [5.74, 6) is 0.701. The monoisotopic (exact) mass is 254 g/mol. The highest BCUT2D eigenvalue weighted by Gasteiger charge is 2.17. The van der Waals surface area contributed by atoms with E-state index in [0.717, 1.165) is 12.8 Å². The molecular formula is C12H15ClN2O2. The molecule has 1 aromatic carbocycles. The number of oxime groups is 1. The Balaban J connectivity index is 2.13. The van der Waals surface area contributed by atoms with Crippen molar-refractivity contribution in [3.8, 4) is 5.75 Å². The molecule has 0 saturated heterocycles. The molecule has 0 amide bonds. The van der Waals surface area contributed by atoms with Crippen LogP contribution in [0.1, 0.15) is 31.2 Å². The third kappa shape index (κ3) is 2.82. The molecule has 3 N–H and O–H groups in total. The van der Waals surface area contributed by atoms with Gasteiger partial charge in [-0.1, -0.05) is 16.8 Å². The molecule has 1 saturated carbocycles. The molecule has 0 bridgehead atoms. The van der Waals surface area contributed by atoms with E-state index in [0.29, 0.717) is 16.3 Å². The number of hydrogen-bond acceptors (Lipinski definition) is 3. The van der Waals surface area contributed by atoms with Crippen LogP contribution >= 0.6 is 11.6 Å². The van der Waals surface area contributed by atoms with Crippen LogP contribution in [0, 0.1) is 0 Å². The smallest absolute Gasteiger partial charge is 0.170 e. The minimum atomic E-state index is 0.0410. The van der Waals surface area contributed by atoms with Gasteiger partial charge >= 0.3 is 0 Å². The lowest BCUT2D eigenvalue weighted by Crippen LogP contribution is -2.14. The van der Waals surface area contributed by atoms with Gasteiger partial charge in [0.25, 0.3) is 0 Å². The Morgan fingerprint density at radius 3 is 2.71 bits per heavy atom. The van der Waals surface area contributed by atoms with Crippen molar-refractivity contribution in [2.45, 2.75) is 31.8 Å². The zero-order valence-corrected chi connectivity index (χ0v) is 10.2. The SMILES string of the molecule is NC(=NO)c1ccc(OC2CCCC2)c(Cl)c1. The average molecular weight is 255 g/mol. The summed E-state index contributed by atoms with van der Waals surface area (Å²) in [7, 11) is 0. The maximum atomic E-state index is 8.57. The van der Waals surface area contributed by atoms with Gasteiger partial charge in [0.15, 0.2) is 5.84 Å². The number of ether oxygens (including phenoxy) is 1. The first-order valence-electron chi connectivity index (χ1n) is 5.65. The van der Waals surface area contributed by atoms with E-state index in [1.54, 1.807) is 18.2 Å². The van der Waals surface area contributed by atoms with Crippen molar-refractivity contribution in [3.63, 3.8) is 0 Å². The Morgan fingerprint density at radius 1 is 1.41 bits per heavy atom. The van der Waals surface area contributed by atoms with E-state index in [1.165, 1.54) is 12.8 Å². The summed E-state index contributed by atoms with van der Waals surface area (Å²) in [4.78, 5) is 0. The molecule has 1 aliphatic carbocycles. The average Bonchev–Trinajstić information content (AvgIpc) is 2.83. The molecule has 2 rings (SSSR count). The van der Waals surface area contributed by atoms with Gasteiger partial charge in [-0.05, 0) is 43.9 Å². The minimum absolute atomic E-state index is 0.0410. The van der Waals surface area contributed by atoms with E-state index in [4.69, 9.17) is 27.3 Å². The number of benzene rings is 1. The highest BCUT2D eigenvalue weighted by atomic mass is 35.5. The molecule has 1 fully saturated rings. The first-order valence-corrected chi connectivity index (χ1v) is 6.02. The van der Waals surface area contributed by atoms with E-state index in [-0.39, 0.29) is 11.9 Å². The molecule has 1 aliphatic rings. The predicted octanol–water partition coefficient (Wildman–Crippen LogP) is 2.76. The van der Waals surface area contributed by atoms with Crippen LogP contribution in [-0.4, -0.2) is 17.1 Å². The van der Waals surface area contributed by atoms with E-state index in [1.807, 2.05) is 0 Å². The molecular weight excluding hydrogens is 240 g/mol. The summed E-state index contributed by atoms with van der Waals surface area (Å²) in [5, 5.41) is 12.0. The van der Waals surface area contributed by atoms with E-state index in [9.17, 15) is 0 Å². The zero-order valence-electron chi connectivity index (χ0n) is 9.40. The normalized spacial score (nSPS) is 17.4. The summed E-state index contributed by atoms with van der Waals surface area (Å²) in [6, 6.07) is 5.13. The molecule has 0 atom stereocenters. The lowest BCUT2D eigenvalue weighted by atomic mass is 10.2. The number of amidine groups is 1. The summed E-state index contributed by atoms with van der Waals surface area (Å²) in [6.07, 6.45) is 4.85. The molecule has 0 heterocycles. The van der Waals surface area contributed by atoms with Crippen molar-refractivity contribution in [2.75, 3.05) is 0 Å². The van der Waals surface area contributed by atoms with Gasteiger partial charge in [-0.15, -0.1) is 0 Å². The van der Waals surface area contributed by atoms with Gasteiger partial charge in [0.2, 0.25) is 0 Å². The maximum Gasteiger partial charge on any atom is 0.170 e. The summed E-state index contributed by atoms with van der Waals surface area (Å²) in [5.41, 5.74) is 6.06. The van der Waals surface area contributed by atoms with Crippen LogP contribution in [0.4, 0.5) is 0 Å². The Kier molecular flexibility index (Phi) is 3.74. The van der Waals surface area contributed by atoms with Crippen molar-refractivity contribution in [1.29, 1.82) is 0 Å². The van der Waals surface area contributed by atoms with E-state index >= 15 is 0 Å². The number of nitrogens with two attached hydrogens (primary N) is 1. The van der Waals surface area contributed by atoms with Gasteiger partial charge in [0.05, 0.1) is 11.1 Å². The van der Waals surface area contributed by atoms with E-state index in [2.05, 4.69) is 5.16 Å². The highest BCUT2D eigenvalue weighted by molar-refractivity contribution is 6.32. The van der Waals surface area contributed by atoms with Crippen molar-refractivity contribution < 1.29 is 9.94 Å². The Hall–Kier alpha value is -1.42. The standard InChI is InChI=1S/C12H15ClN2O2/c13-10-7-8(12(14)15-16)5-6-11(10)17-9-3-1-2-4-9/h5-7,9,16H,1-4H2,(H2,14,15). The lowest BCUT2D eigenvalue weighted by molar-refractivity contribution is 0.210. The van der Waals surface area contributed by atoms with Crippen molar-refractivity contribution >= 4 is 17.4 Å². The maximum absolute atomic E-state index is 8.57. The molecule has 0 radical (unpaired) electrons. The second kappa shape index (κ2) is 5.27. The molecule has 92 valence electrons. The number of halogens is 1. The molecule has 1 aromatic rings. The molecule has 0 spiro atoms. The van der Waals surface area contributed by atoms with Crippen molar-refractivity contribution in [2.24, 2.45) is 10.9 Å². The van der Waals surface area contributed by atoms with Gasteiger partial charge in [-0.25, -0.2) is 0 Å². The van der Waals surface area contributed by atoms with Crippen molar-refractivity contribution in [1.82, 2.24) is 0 Å². The fourth-order valence-electron chi connectivity index (χ4n) is 2.00. The fraction of sp³-hybridized carbons (Fsp3) is 0.417. The molecule has 5 heteroatoms. The van der Waals surface area contributed by atoms with Crippen LogP contribution in [0.5, 0.6) is 5.75 Å². The summed E-state index contributed by atoms with van der Waals surface area (Å²) < 4.78 is 5.80. The van der Waals surface area contributed by atoms with Crippen LogP contribution in [0.3, 0.4) is 0 Å². The van der Waals surface area contributed by atoms with Crippen LogP contribution in [0.25, 0.3) is 0 Å². The predicted molar refractivity (Wildman–Crippen MR) is 66.8 cm³/mol. The van der Waals surface area contributed by atoms with Crippen LogP contribution in [0.2, 0.25) is 5.02 Å². The van der Waals surface area contributed by atoms with Gasteiger partial charge in [-0.3, -0.25) is 0 Å². The lowest BCUT2D eigenvalue weighted by Gasteiger charge is -2.14. The van der Waals surface area contributed by atoms with Gasteiger partial charge in [0.1, 0.15) is 5.75 Å². The Bertz CT molecular complexity index is 429. The third-order valence-corrected chi connectivity index (χ3v) is 3.23. The van der Waals surface area contributed by atoms with Gasteiger partial charge in [-0.2, -0.15) is 0 Å². The van der Waals surface area contributed by atoms with E-state index < -0.39 is 0 Å². The number of rotatable bonds is 3. The van der Waals surface area contributed by atoms with Crippen LogP contribution in [-0.2, 0) is 0 Å². The molecule has 0 unspecified atom stereocenters. The zero-order chi connectivity index (χ0) is 12.3. The highest BCUT2D eigenvalue weighted by Crippen LogP contribution is 2.30. The second-order valence-electron chi connectivity index (χ2n) is 4.15. The van der Waals surface area contributed by atoms with Gasteiger partial charge in [0, 0.05) is 5.56 Å². The molecule has 0 aromatic heterocycles. The van der Waals surface area contributed by atoms with Crippen molar-refractivity contribution in [3.05, 3.63) is 28.8 Å². The fourth-order valence-corrected chi connectivity index (χ4v) is 2.22. The molecule has 4 nitrogen and oxygen atoms in total. The summed E-state index contributed by atoms with van der Waals surface area (Å²) in [6.45, 7) is 0. The van der Waals surface area contributed by atoms with Gasteiger partial charge < -0.3 is 15.7 Å². The summed E-state index contributed by atoms with van der Waals surface area (Å²) >= 11 is 6.09. The largest absolute Gasteiger partial charge is 0.489 e. The molecule has 17 heavy (non-hydrogen) atoms. The minimum Gasteiger partial charge on any atom is -0.489 e. The van der Waals surface area contributed by atoms with Crippen LogP contribution < -0.4 is 10.5 Å². The quantitative estimate of drug-likeness (QED) is 0.377. The second-order valence-corrected chi connectivity index (χ2v) is 4.56. The topological polar surface area (TPSA) is 67.8 Å². The third-order valence-electron chi connectivity index (χ3n) is 2.93. The Labute approximate surface area is 105 Å². The number of hydrogen-bond donors (Lipinski definition) is 2. The first-order chi connectivity index (χ1) is 8.20. The first kappa shape index (κ1) is 12.0. The van der Waals surface area contributed by atoms with Crippen LogP contribution in [0.15, 0.2) is 23.4 Å². The number of nitrogens with zero attached hydrogens (tertiary/aromatic N) is 1. The molecule has 0 aliphatic heterocycles. The Morgan fingerprint density at radius 2 is 2.12 bits per heavy atom.